The SMILES string of the molecule is Cc1[nH]nc(C(=O)Nc2cnc3[nH]c(-c4cccc5c4OCC5)cc3c2)c1C. The van der Waals surface area contributed by atoms with Gasteiger partial charge in [-0.2, -0.15) is 5.10 Å². The summed E-state index contributed by atoms with van der Waals surface area (Å²) in [7, 11) is 0. The van der Waals surface area contributed by atoms with E-state index in [9.17, 15) is 4.79 Å². The van der Waals surface area contributed by atoms with Gasteiger partial charge in [0.1, 0.15) is 11.4 Å². The van der Waals surface area contributed by atoms with Crippen molar-refractivity contribution in [3.8, 4) is 17.0 Å². The second-order valence-electron chi connectivity index (χ2n) is 7.01. The highest BCUT2D eigenvalue weighted by molar-refractivity contribution is 6.04. The summed E-state index contributed by atoms with van der Waals surface area (Å²) < 4.78 is 5.81. The van der Waals surface area contributed by atoms with Crippen LogP contribution in [-0.4, -0.2) is 32.7 Å². The molecule has 0 aliphatic carbocycles. The van der Waals surface area contributed by atoms with Gasteiger partial charge in [-0.05, 0) is 37.6 Å². The summed E-state index contributed by atoms with van der Waals surface area (Å²) >= 11 is 0. The number of fused-ring (bicyclic) bond motifs is 2. The van der Waals surface area contributed by atoms with Crippen molar-refractivity contribution in [1.29, 1.82) is 0 Å². The second-order valence-corrected chi connectivity index (χ2v) is 7.01. The van der Waals surface area contributed by atoms with Gasteiger partial charge in [0, 0.05) is 28.6 Å². The van der Waals surface area contributed by atoms with E-state index in [1.807, 2.05) is 38.1 Å². The Kier molecular flexibility index (Phi) is 3.68. The minimum Gasteiger partial charge on any atom is -0.492 e. The van der Waals surface area contributed by atoms with Crippen LogP contribution in [0, 0.1) is 13.8 Å². The van der Waals surface area contributed by atoms with Crippen molar-refractivity contribution in [3.63, 3.8) is 0 Å². The highest BCUT2D eigenvalue weighted by Gasteiger charge is 2.19. The smallest absolute Gasteiger partial charge is 0.276 e. The number of carbonyl (C=O) groups excluding carboxylic acids is 1. The van der Waals surface area contributed by atoms with Crippen LogP contribution in [0.4, 0.5) is 5.69 Å². The molecule has 7 heteroatoms. The van der Waals surface area contributed by atoms with Gasteiger partial charge in [0.2, 0.25) is 0 Å². The van der Waals surface area contributed by atoms with Crippen LogP contribution in [0.25, 0.3) is 22.3 Å². The fourth-order valence-corrected chi connectivity index (χ4v) is 3.55. The molecule has 0 unspecified atom stereocenters. The van der Waals surface area contributed by atoms with Crippen molar-refractivity contribution < 1.29 is 9.53 Å². The summed E-state index contributed by atoms with van der Waals surface area (Å²) in [5.41, 5.74) is 6.70. The first-order chi connectivity index (χ1) is 13.6. The Morgan fingerprint density at radius 2 is 2.14 bits per heavy atom. The molecule has 0 saturated carbocycles. The largest absolute Gasteiger partial charge is 0.492 e. The first kappa shape index (κ1) is 16.6. The van der Waals surface area contributed by atoms with Crippen LogP contribution in [0.15, 0.2) is 36.5 Å². The summed E-state index contributed by atoms with van der Waals surface area (Å²) in [6.07, 6.45) is 2.57. The van der Waals surface area contributed by atoms with E-state index >= 15 is 0 Å². The number of nitrogens with zero attached hydrogens (tertiary/aromatic N) is 2. The highest BCUT2D eigenvalue weighted by Crippen LogP contribution is 2.37. The number of rotatable bonds is 3. The Balaban J connectivity index is 1.47. The number of amides is 1. The zero-order chi connectivity index (χ0) is 19.3. The molecule has 3 aromatic heterocycles. The van der Waals surface area contributed by atoms with E-state index in [0.29, 0.717) is 18.0 Å². The average molecular weight is 373 g/mol. The Hall–Kier alpha value is -3.61. The maximum absolute atomic E-state index is 12.5. The van der Waals surface area contributed by atoms with Crippen molar-refractivity contribution in [1.82, 2.24) is 20.2 Å². The van der Waals surface area contributed by atoms with E-state index in [4.69, 9.17) is 4.74 Å². The Morgan fingerprint density at radius 1 is 1.25 bits per heavy atom. The monoisotopic (exact) mass is 373 g/mol. The lowest BCUT2D eigenvalue weighted by molar-refractivity contribution is 0.102. The third-order valence-electron chi connectivity index (χ3n) is 5.20. The van der Waals surface area contributed by atoms with Gasteiger partial charge in [0.05, 0.1) is 24.2 Å². The molecule has 28 heavy (non-hydrogen) atoms. The molecule has 1 aromatic carbocycles. The fourth-order valence-electron chi connectivity index (χ4n) is 3.55. The van der Waals surface area contributed by atoms with Gasteiger partial charge in [0.25, 0.3) is 5.91 Å². The number of aromatic amines is 2. The summed E-state index contributed by atoms with van der Waals surface area (Å²) in [6, 6.07) is 10.1. The van der Waals surface area contributed by atoms with Gasteiger partial charge in [-0.1, -0.05) is 12.1 Å². The van der Waals surface area contributed by atoms with Crippen LogP contribution in [0.1, 0.15) is 27.3 Å². The Bertz CT molecular complexity index is 1220. The number of ether oxygens (including phenoxy) is 1. The van der Waals surface area contributed by atoms with Crippen LogP contribution < -0.4 is 10.1 Å². The first-order valence-electron chi connectivity index (χ1n) is 9.17. The lowest BCUT2D eigenvalue weighted by Gasteiger charge is -2.05. The van der Waals surface area contributed by atoms with Crippen molar-refractivity contribution in [2.24, 2.45) is 0 Å². The minimum atomic E-state index is -0.256. The number of carbonyl (C=O) groups is 1. The molecule has 0 radical (unpaired) electrons. The number of benzene rings is 1. The van der Waals surface area contributed by atoms with Crippen molar-refractivity contribution >= 4 is 22.6 Å². The standard InChI is InChI=1S/C21H19N5O2/c1-11-12(2)25-26-18(11)21(27)23-15-8-14-9-17(24-20(14)22-10-15)16-5-3-4-13-6-7-28-19(13)16/h3-5,8-10H,6-7H2,1-2H3,(H,22,24)(H,23,27)(H,25,26). The van der Waals surface area contributed by atoms with E-state index in [0.717, 1.165) is 45.7 Å². The second kappa shape index (κ2) is 6.23. The lowest BCUT2D eigenvalue weighted by atomic mass is 10.1. The molecule has 5 rings (SSSR count). The topological polar surface area (TPSA) is 95.7 Å². The number of aryl methyl sites for hydroxylation is 1. The molecule has 3 N–H and O–H groups in total. The summed E-state index contributed by atoms with van der Waals surface area (Å²) in [4.78, 5) is 20.3. The zero-order valence-corrected chi connectivity index (χ0v) is 15.6. The number of nitrogens with one attached hydrogen (secondary N) is 3. The molecular formula is C21H19N5O2. The summed E-state index contributed by atoms with van der Waals surface area (Å²) in [5, 5.41) is 10.7. The van der Waals surface area contributed by atoms with Gasteiger partial charge in [-0.3, -0.25) is 9.89 Å². The lowest BCUT2D eigenvalue weighted by Crippen LogP contribution is -2.13. The predicted octanol–water partition coefficient (Wildman–Crippen LogP) is 3.76. The zero-order valence-electron chi connectivity index (χ0n) is 15.6. The summed E-state index contributed by atoms with van der Waals surface area (Å²) in [6.45, 7) is 4.47. The molecule has 140 valence electrons. The first-order valence-corrected chi connectivity index (χ1v) is 9.17. The minimum absolute atomic E-state index is 0.256. The van der Waals surface area contributed by atoms with Crippen molar-refractivity contribution in [3.05, 3.63) is 59.0 Å². The van der Waals surface area contributed by atoms with Gasteiger partial charge in [-0.25, -0.2) is 4.98 Å². The fraction of sp³-hybridized carbons (Fsp3) is 0.190. The number of hydrogen-bond acceptors (Lipinski definition) is 4. The quantitative estimate of drug-likeness (QED) is 0.509. The van der Waals surface area contributed by atoms with Crippen LogP contribution in [0.2, 0.25) is 0 Å². The molecular weight excluding hydrogens is 354 g/mol. The number of anilines is 1. The Morgan fingerprint density at radius 3 is 2.96 bits per heavy atom. The molecule has 4 aromatic rings. The van der Waals surface area contributed by atoms with E-state index in [2.05, 4.69) is 31.5 Å². The van der Waals surface area contributed by atoms with E-state index in [1.54, 1.807) is 6.20 Å². The number of H-pyrrole nitrogens is 2. The molecule has 0 bridgehead atoms. The van der Waals surface area contributed by atoms with E-state index in [-0.39, 0.29) is 5.91 Å². The van der Waals surface area contributed by atoms with Gasteiger partial charge in [-0.15, -0.1) is 0 Å². The Labute approximate surface area is 161 Å². The third-order valence-corrected chi connectivity index (χ3v) is 5.20. The predicted molar refractivity (Wildman–Crippen MR) is 107 cm³/mol. The van der Waals surface area contributed by atoms with Crippen molar-refractivity contribution in [2.75, 3.05) is 11.9 Å². The molecule has 0 fully saturated rings. The van der Waals surface area contributed by atoms with Crippen LogP contribution in [0.5, 0.6) is 5.75 Å². The van der Waals surface area contributed by atoms with E-state index in [1.165, 1.54) is 5.56 Å². The third kappa shape index (κ3) is 2.63. The van der Waals surface area contributed by atoms with Gasteiger partial charge in [0.15, 0.2) is 5.69 Å². The molecule has 1 aliphatic rings. The number of aromatic nitrogens is 4. The molecule has 7 nitrogen and oxygen atoms in total. The number of hydrogen-bond donors (Lipinski definition) is 3. The van der Waals surface area contributed by atoms with Gasteiger partial charge >= 0.3 is 0 Å². The molecule has 1 amide bonds. The van der Waals surface area contributed by atoms with E-state index < -0.39 is 0 Å². The van der Waals surface area contributed by atoms with Crippen LogP contribution >= 0.6 is 0 Å². The molecule has 0 saturated heterocycles. The average Bonchev–Trinajstić information content (AvgIpc) is 3.40. The van der Waals surface area contributed by atoms with Crippen LogP contribution in [-0.2, 0) is 6.42 Å². The number of para-hydroxylation sites is 1. The number of pyridine rings is 1. The normalized spacial score (nSPS) is 12.8. The maximum Gasteiger partial charge on any atom is 0.276 e. The summed E-state index contributed by atoms with van der Waals surface area (Å²) in [5.74, 6) is 0.681. The molecule has 0 spiro atoms. The maximum atomic E-state index is 12.5. The molecule has 1 aliphatic heterocycles. The molecule has 4 heterocycles. The molecule has 0 atom stereocenters. The van der Waals surface area contributed by atoms with Gasteiger partial charge < -0.3 is 15.0 Å². The van der Waals surface area contributed by atoms with Crippen LogP contribution in [0.3, 0.4) is 0 Å². The highest BCUT2D eigenvalue weighted by atomic mass is 16.5. The van der Waals surface area contributed by atoms with Crippen molar-refractivity contribution in [2.45, 2.75) is 20.3 Å².